The Kier molecular flexibility index (Phi) is 4.59. The first-order chi connectivity index (χ1) is 7.96. The maximum Gasteiger partial charge on any atom is 0.416 e. The van der Waals surface area contributed by atoms with Gasteiger partial charge in [-0.1, -0.05) is 18.2 Å². The van der Waals surface area contributed by atoms with Crippen LogP contribution < -0.4 is 5.73 Å². The molecule has 0 spiro atoms. The zero-order valence-corrected chi connectivity index (χ0v) is 9.30. The van der Waals surface area contributed by atoms with E-state index in [4.69, 9.17) is 12.2 Å². The van der Waals surface area contributed by atoms with E-state index in [1.807, 2.05) is 0 Å². The van der Waals surface area contributed by atoms with E-state index in [9.17, 15) is 13.2 Å². The van der Waals surface area contributed by atoms with Crippen molar-refractivity contribution in [3.8, 4) is 12.3 Å². The number of rotatable bonds is 4. The summed E-state index contributed by atoms with van der Waals surface area (Å²) >= 11 is 0. The molecule has 1 rings (SSSR count). The molecule has 4 heteroatoms. The Hall–Kier alpha value is -1.47. The first kappa shape index (κ1) is 13.6. The number of hydrogen-bond acceptors (Lipinski definition) is 1. The van der Waals surface area contributed by atoms with Crippen molar-refractivity contribution in [3.63, 3.8) is 0 Å². The third-order valence-electron chi connectivity index (χ3n) is 2.50. The van der Waals surface area contributed by atoms with Gasteiger partial charge in [-0.3, -0.25) is 0 Å². The molecule has 0 aromatic heterocycles. The summed E-state index contributed by atoms with van der Waals surface area (Å²) in [7, 11) is 0. The number of unbranched alkanes of at least 4 members (excludes halogenated alkanes) is 1. The van der Waals surface area contributed by atoms with E-state index < -0.39 is 17.8 Å². The van der Waals surface area contributed by atoms with Crippen molar-refractivity contribution in [2.45, 2.75) is 31.5 Å². The molecule has 17 heavy (non-hydrogen) atoms. The maximum atomic E-state index is 12.7. The van der Waals surface area contributed by atoms with Crippen LogP contribution in [0.4, 0.5) is 13.2 Å². The van der Waals surface area contributed by atoms with Crippen LogP contribution in [0.15, 0.2) is 24.3 Å². The molecule has 0 aliphatic rings. The molecule has 0 radical (unpaired) electrons. The van der Waals surface area contributed by atoms with Crippen molar-refractivity contribution in [2.75, 3.05) is 0 Å². The van der Waals surface area contributed by atoms with E-state index in [-0.39, 0.29) is 5.56 Å². The van der Waals surface area contributed by atoms with Gasteiger partial charge in [-0.15, -0.1) is 12.3 Å². The van der Waals surface area contributed by atoms with Crippen LogP contribution >= 0.6 is 0 Å². The standard InChI is InChI=1S/C13H14F3N/c1-2-3-4-9-12(17)10-7-5-6-8-11(10)13(14,15)16/h1,5-8,12H,3-4,9,17H2. The van der Waals surface area contributed by atoms with Crippen molar-refractivity contribution in [1.82, 2.24) is 0 Å². The second kappa shape index (κ2) is 5.74. The molecule has 1 nitrogen and oxygen atoms in total. The van der Waals surface area contributed by atoms with Gasteiger partial charge in [0.15, 0.2) is 0 Å². The summed E-state index contributed by atoms with van der Waals surface area (Å²) < 4.78 is 38.1. The minimum absolute atomic E-state index is 0.136. The van der Waals surface area contributed by atoms with E-state index >= 15 is 0 Å². The maximum absolute atomic E-state index is 12.7. The van der Waals surface area contributed by atoms with Gasteiger partial charge in [-0.2, -0.15) is 13.2 Å². The van der Waals surface area contributed by atoms with E-state index in [0.717, 1.165) is 6.07 Å². The Morgan fingerprint density at radius 3 is 2.53 bits per heavy atom. The van der Waals surface area contributed by atoms with Crippen LogP contribution in [0, 0.1) is 12.3 Å². The molecule has 0 saturated carbocycles. The second-order valence-corrected chi connectivity index (χ2v) is 3.79. The van der Waals surface area contributed by atoms with Crippen molar-refractivity contribution in [2.24, 2.45) is 5.73 Å². The van der Waals surface area contributed by atoms with E-state index in [2.05, 4.69) is 5.92 Å². The van der Waals surface area contributed by atoms with Crippen LogP contribution in [-0.4, -0.2) is 0 Å². The molecular weight excluding hydrogens is 227 g/mol. The van der Waals surface area contributed by atoms with Gasteiger partial charge in [0, 0.05) is 12.5 Å². The zero-order chi connectivity index (χ0) is 12.9. The minimum Gasteiger partial charge on any atom is -0.324 e. The topological polar surface area (TPSA) is 26.0 Å². The highest BCUT2D eigenvalue weighted by molar-refractivity contribution is 5.32. The molecule has 1 atom stereocenters. The van der Waals surface area contributed by atoms with E-state index in [0.29, 0.717) is 19.3 Å². The Morgan fingerprint density at radius 1 is 1.29 bits per heavy atom. The van der Waals surface area contributed by atoms with Gasteiger partial charge in [-0.25, -0.2) is 0 Å². The Balaban J connectivity index is 2.86. The van der Waals surface area contributed by atoms with Gasteiger partial charge in [0.2, 0.25) is 0 Å². The predicted molar refractivity (Wildman–Crippen MR) is 61.1 cm³/mol. The molecule has 0 fully saturated rings. The highest BCUT2D eigenvalue weighted by Gasteiger charge is 2.34. The molecule has 0 heterocycles. The van der Waals surface area contributed by atoms with Crippen LogP contribution in [0.1, 0.15) is 36.4 Å². The first-order valence-electron chi connectivity index (χ1n) is 5.32. The van der Waals surface area contributed by atoms with Crippen molar-refractivity contribution in [3.05, 3.63) is 35.4 Å². The first-order valence-corrected chi connectivity index (χ1v) is 5.32. The Bertz CT molecular complexity index is 404. The quantitative estimate of drug-likeness (QED) is 0.633. The molecule has 0 amide bonds. The van der Waals surface area contributed by atoms with Crippen LogP contribution in [0.2, 0.25) is 0 Å². The smallest absolute Gasteiger partial charge is 0.324 e. The van der Waals surface area contributed by atoms with Crippen molar-refractivity contribution in [1.29, 1.82) is 0 Å². The SMILES string of the molecule is C#CCCCC(N)c1ccccc1C(F)(F)F. The normalized spacial score (nSPS) is 13.1. The number of nitrogens with two attached hydrogens (primary N) is 1. The van der Waals surface area contributed by atoms with Crippen LogP contribution in [-0.2, 0) is 6.18 Å². The molecule has 1 aromatic rings. The van der Waals surface area contributed by atoms with Crippen molar-refractivity contribution >= 4 is 0 Å². The lowest BCUT2D eigenvalue weighted by molar-refractivity contribution is -0.138. The van der Waals surface area contributed by atoms with E-state index in [1.54, 1.807) is 6.07 Å². The summed E-state index contributed by atoms with van der Waals surface area (Å²) in [5.41, 5.74) is 5.24. The number of terminal acetylenes is 1. The summed E-state index contributed by atoms with van der Waals surface area (Å²) in [4.78, 5) is 0. The molecule has 0 saturated heterocycles. The van der Waals surface area contributed by atoms with E-state index in [1.165, 1.54) is 12.1 Å². The molecule has 0 aliphatic heterocycles. The molecule has 0 bridgehead atoms. The lowest BCUT2D eigenvalue weighted by atomic mass is 9.96. The third kappa shape index (κ3) is 3.79. The van der Waals surface area contributed by atoms with Crippen LogP contribution in [0.5, 0.6) is 0 Å². The van der Waals surface area contributed by atoms with Gasteiger partial charge in [0.05, 0.1) is 5.56 Å². The van der Waals surface area contributed by atoms with Gasteiger partial charge < -0.3 is 5.73 Å². The predicted octanol–water partition coefficient (Wildman–Crippen LogP) is 3.51. The molecule has 1 aromatic carbocycles. The fourth-order valence-electron chi connectivity index (χ4n) is 1.66. The number of alkyl halides is 3. The Labute approximate surface area is 98.8 Å². The van der Waals surface area contributed by atoms with Gasteiger partial charge in [-0.05, 0) is 24.5 Å². The fraction of sp³-hybridized carbons (Fsp3) is 0.385. The summed E-state index contributed by atoms with van der Waals surface area (Å²) in [5, 5.41) is 0. The summed E-state index contributed by atoms with van der Waals surface area (Å²) in [6.07, 6.45) is 2.34. The largest absolute Gasteiger partial charge is 0.416 e. The van der Waals surface area contributed by atoms with Gasteiger partial charge >= 0.3 is 6.18 Å². The van der Waals surface area contributed by atoms with Crippen molar-refractivity contribution < 1.29 is 13.2 Å². The van der Waals surface area contributed by atoms with Gasteiger partial charge in [0.1, 0.15) is 0 Å². The molecule has 2 N–H and O–H groups in total. The van der Waals surface area contributed by atoms with Crippen LogP contribution in [0.3, 0.4) is 0 Å². The number of hydrogen-bond donors (Lipinski definition) is 1. The highest BCUT2D eigenvalue weighted by Crippen LogP contribution is 2.34. The fourth-order valence-corrected chi connectivity index (χ4v) is 1.66. The second-order valence-electron chi connectivity index (χ2n) is 3.79. The van der Waals surface area contributed by atoms with Crippen LogP contribution in [0.25, 0.3) is 0 Å². The monoisotopic (exact) mass is 241 g/mol. The molecule has 0 aliphatic carbocycles. The molecule has 92 valence electrons. The number of halogens is 3. The lowest BCUT2D eigenvalue weighted by Crippen LogP contribution is -2.17. The molecule has 1 unspecified atom stereocenters. The molecular formula is C13H14F3N. The summed E-state index contributed by atoms with van der Waals surface area (Å²) in [5.74, 6) is 2.44. The zero-order valence-electron chi connectivity index (χ0n) is 9.30. The summed E-state index contributed by atoms with van der Waals surface area (Å²) in [6, 6.07) is 4.77. The summed E-state index contributed by atoms with van der Waals surface area (Å²) in [6.45, 7) is 0. The lowest BCUT2D eigenvalue weighted by Gasteiger charge is -2.17. The average Bonchev–Trinajstić information content (AvgIpc) is 2.28. The number of benzene rings is 1. The average molecular weight is 241 g/mol. The Morgan fingerprint density at radius 2 is 1.94 bits per heavy atom. The minimum atomic E-state index is -4.36. The highest BCUT2D eigenvalue weighted by atomic mass is 19.4. The third-order valence-corrected chi connectivity index (χ3v) is 2.50. The van der Waals surface area contributed by atoms with Gasteiger partial charge in [0.25, 0.3) is 0 Å².